The SMILES string of the molecule is NC(=O)O[C@@H]1CCCN(c2ncc(C(F)(F)F)cc2F)C1. The number of pyridine rings is 1. The van der Waals surface area contributed by atoms with Gasteiger partial charge >= 0.3 is 12.3 Å². The fraction of sp³-hybridized carbons (Fsp3) is 0.500. The van der Waals surface area contributed by atoms with Crippen molar-refractivity contribution in [2.45, 2.75) is 25.1 Å². The molecular weight excluding hydrogens is 294 g/mol. The van der Waals surface area contributed by atoms with Crippen molar-refractivity contribution in [1.29, 1.82) is 0 Å². The van der Waals surface area contributed by atoms with Gasteiger partial charge in [0.15, 0.2) is 11.6 Å². The molecule has 0 spiro atoms. The van der Waals surface area contributed by atoms with Crippen molar-refractivity contribution >= 4 is 11.9 Å². The van der Waals surface area contributed by atoms with Gasteiger partial charge in [0.2, 0.25) is 0 Å². The van der Waals surface area contributed by atoms with E-state index >= 15 is 0 Å². The largest absolute Gasteiger partial charge is 0.445 e. The minimum Gasteiger partial charge on any atom is -0.445 e. The number of primary amides is 1. The lowest BCUT2D eigenvalue weighted by Gasteiger charge is -2.33. The van der Waals surface area contributed by atoms with E-state index in [0.717, 1.165) is 0 Å². The van der Waals surface area contributed by atoms with E-state index in [0.29, 0.717) is 31.6 Å². The van der Waals surface area contributed by atoms with Gasteiger partial charge in [0.25, 0.3) is 0 Å². The Balaban J connectivity index is 2.16. The molecule has 1 aromatic heterocycles. The van der Waals surface area contributed by atoms with Gasteiger partial charge in [-0.1, -0.05) is 0 Å². The van der Waals surface area contributed by atoms with Gasteiger partial charge in [-0.05, 0) is 18.9 Å². The second-order valence-electron chi connectivity index (χ2n) is 4.67. The van der Waals surface area contributed by atoms with Crippen molar-refractivity contribution in [2.75, 3.05) is 18.0 Å². The molecule has 2 N–H and O–H groups in total. The highest BCUT2D eigenvalue weighted by molar-refractivity contribution is 5.65. The number of anilines is 1. The summed E-state index contributed by atoms with van der Waals surface area (Å²) in [7, 11) is 0. The number of hydrogen-bond acceptors (Lipinski definition) is 4. The Morgan fingerprint density at radius 2 is 2.19 bits per heavy atom. The Labute approximate surface area is 117 Å². The van der Waals surface area contributed by atoms with Gasteiger partial charge in [-0.15, -0.1) is 0 Å². The maximum Gasteiger partial charge on any atom is 0.417 e. The van der Waals surface area contributed by atoms with Crippen LogP contribution in [0.5, 0.6) is 0 Å². The molecule has 2 rings (SSSR count). The van der Waals surface area contributed by atoms with E-state index < -0.39 is 29.8 Å². The standard InChI is InChI=1S/C12H13F4N3O2/c13-9-4-7(12(14,15)16)5-18-10(9)19-3-1-2-8(6-19)21-11(17)20/h4-5,8H,1-3,6H2,(H2,17,20)/t8-/m1/s1. The summed E-state index contributed by atoms with van der Waals surface area (Å²) in [5.74, 6) is -1.26. The van der Waals surface area contributed by atoms with Crippen molar-refractivity contribution < 1.29 is 27.1 Å². The van der Waals surface area contributed by atoms with Crippen molar-refractivity contribution in [2.24, 2.45) is 5.73 Å². The predicted octanol–water partition coefficient (Wildman–Crippen LogP) is 2.30. The van der Waals surface area contributed by atoms with Crippen LogP contribution in [0.25, 0.3) is 0 Å². The van der Waals surface area contributed by atoms with Gasteiger partial charge in [0.1, 0.15) is 6.10 Å². The highest BCUT2D eigenvalue weighted by atomic mass is 19.4. The first kappa shape index (κ1) is 15.3. The number of carbonyl (C=O) groups excluding carboxylic acids is 1. The number of alkyl halides is 3. The van der Waals surface area contributed by atoms with Crippen LogP contribution >= 0.6 is 0 Å². The van der Waals surface area contributed by atoms with E-state index in [1.54, 1.807) is 0 Å². The molecule has 0 aromatic carbocycles. The maximum atomic E-state index is 13.8. The summed E-state index contributed by atoms with van der Waals surface area (Å²) in [6, 6.07) is 0.404. The van der Waals surface area contributed by atoms with Gasteiger partial charge in [-0.25, -0.2) is 14.2 Å². The number of piperidine rings is 1. The van der Waals surface area contributed by atoms with Crippen molar-refractivity contribution in [3.8, 4) is 0 Å². The molecule has 0 radical (unpaired) electrons. The summed E-state index contributed by atoms with van der Waals surface area (Å²) in [6.45, 7) is 0.548. The molecule has 0 saturated carbocycles. The monoisotopic (exact) mass is 307 g/mol. The molecule has 1 saturated heterocycles. The molecule has 1 aliphatic heterocycles. The van der Waals surface area contributed by atoms with Gasteiger partial charge in [-0.2, -0.15) is 13.2 Å². The van der Waals surface area contributed by atoms with Gasteiger partial charge < -0.3 is 15.4 Å². The fourth-order valence-electron chi connectivity index (χ4n) is 2.21. The first-order chi connectivity index (χ1) is 9.77. The molecule has 0 unspecified atom stereocenters. The van der Waals surface area contributed by atoms with Crippen molar-refractivity contribution in [1.82, 2.24) is 4.98 Å². The first-order valence-corrected chi connectivity index (χ1v) is 6.21. The third-order valence-electron chi connectivity index (χ3n) is 3.11. The van der Waals surface area contributed by atoms with E-state index in [1.807, 2.05) is 0 Å². The van der Waals surface area contributed by atoms with Crippen LogP contribution in [0.15, 0.2) is 12.3 Å². The summed E-state index contributed by atoms with van der Waals surface area (Å²) in [5.41, 5.74) is 3.76. The minimum atomic E-state index is -4.65. The molecule has 1 fully saturated rings. The van der Waals surface area contributed by atoms with Crippen LogP contribution in [-0.4, -0.2) is 30.3 Å². The Kier molecular flexibility index (Phi) is 4.19. The molecule has 21 heavy (non-hydrogen) atoms. The Morgan fingerprint density at radius 3 is 2.76 bits per heavy atom. The van der Waals surface area contributed by atoms with Gasteiger partial charge in [-0.3, -0.25) is 0 Å². The number of nitrogens with two attached hydrogens (primary N) is 1. The Bertz CT molecular complexity index is 536. The van der Waals surface area contributed by atoms with Crippen LogP contribution in [-0.2, 0) is 10.9 Å². The lowest BCUT2D eigenvalue weighted by Crippen LogP contribution is -2.42. The summed E-state index contributed by atoms with van der Waals surface area (Å²) < 4.78 is 56.0. The maximum absolute atomic E-state index is 13.8. The first-order valence-electron chi connectivity index (χ1n) is 6.21. The number of halogens is 4. The molecule has 1 aliphatic rings. The van der Waals surface area contributed by atoms with Crippen LogP contribution in [0.1, 0.15) is 18.4 Å². The number of hydrogen-bond donors (Lipinski definition) is 1. The molecule has 2 heterocycles. The van der Waals surface area contributed by atoms with E-state index in [-0.39, 0.29) is 12.4 Å². The molecule has 0 bridgehead atoms. The lowest BCUT2D eigenvalue weighted by molar-refractivity contribution is -0.138. The average molecular weight is 307 g/mol. The molecular formula is C12H13F4N3O2. The third-order valence-corrected chi connectivity index (χ3v) is 3.11. The fourth-order valence-corrected chi connectivity index (χ4v) is 2.21. The molecule has 9 heteroatoms. The predicted molar refractivity (Wildman–Crippen MR) is 65.1 cm³/mol. The smallest absolute Gasteiger partial charge is 0.417 e. The second kappa shape index (κ2) is 5.74. The number of amides is 1. The Hall–Kier alpha value is -2.06. The highest BCUT2D eigenvalue weighted by Gasteiger charge is 2.33. The summed E-state index contributed by atoms with van der Waals surface area (Å²) >= 11 is 0. The third kappa shape index (κ3) is 3.73. The zero-order valence-corrected chi connectivity index (χ0v) is 10.9. The van der Waals surface area contributed by atoms with E-state index in [2.05, 4.69) is 4.98 Å². The van der Waals surface area contributed by atoms with E-state index in [1.165, 1.54) is 4.90 Å². The van der Waals surface area contributed by atoms with Crippen molar-refractivity contribution in [3.05, 3.63) is 23.6 Å². The molecule has 5 nitrogen and oxygen atoms in total. The molecule has 1 amide bonds. The van der Waals surface area contributed by atoms with Crippen LogP contribution < -0.4 is 10.6 Å². The number of rotatable bonds is 2. The van der Waals surface area contributed by atoms with E-state index in [4.69, 9.17) is 10.5 Å². The summed E-state index contributed by atoms with van der Waals surface area (Å²) in [4.78, 5) is 15.7. The van der Waals surface area contributed by atoms with Crippen LogP contribution in [0.2, 0.25) is 0 Å². The number of nitrogens with zero attached hydrogens (tertiary/aromatic N) is 2. The highest BCUT2D eigenvalue weighted by Crippen LogP contribution is 2.31. The number of aromatic nitrogens is 1. The van der Waals surface area contributed by atoms with E-state index in [9.17, 15) is 22.4 Å². The minimum absolute atomic E-state index is 0.137. The van der Waals surface area contributed by atoms with Crippen LogP contribution in [0, 0.1) is 5.82 Å². The zero-order valence-electron chi connectivity index (χ0n) is 10.9. The normalized spacial score (nSPS) is 19.4. The van der Waals surface area contributed by atoms with Crippen LogP contribution in [0.3, 0.4) is 0 Å². The lowest BCUT2D eigenvalue weighted by atomic mass is 10.1. The van der Waals surface area contributed by atoms with Crippen molar-refractivity contribution in [3.63, 3.8) is 0 Å². The number of ether oxygens (including phenoxy) is 1. The summed E-state index contributed by atoms with van der Waals surface area (Å²) in [5, 5.41) is 0. The molecule has 1 atom stereocenters. The molecule has 116 valence electrons. The molecule has 0 aliphatic carbocycles. The molecule has 1 aromatic rings. The zero-order chi connectivity index (χ0) is 15.6. The average Bonchev–Trinajstić information content (AvgIpc) is 2.37. The summed E-state index contributed by atoms with van der Waals surface area (Å²) in [6.07, 6.45) is -4.40. The second-order valence-corrected chi connectivity index (χ2v) is 4.67. The van der Waals surface area contributed by atoms with Gasteiger partial charge in [0, 0.05) is 12.7 Å². The quantitative estimate of drug-likeness (QED) is 0.851. The van der Waals surface area contributed by atoms with Gasteiger partial charge in [0.05, 0.1) is 12.1 Å². The topological polar surface area (TPSA) is 68.5 Å². The van der Waals surface area contributed by atoms with Crippen LogP contribution in [0.4, 0.5) is 28.2 Å². The Morgan fingerprint density at radius 1 is 1.48 bits per heavy atom. The number of carbonyl (C=O) groups is 1.